The molecule has 46 heavy (non-hydrogen) atoms. The van der Waals surface area contributed by atoms with Gasteiger partial charge in [0.2, 0.25) is 0 Å². The normalized spacial score (nSPS) is 12.6. The molecule has 1 aliphatic rings. The van der Waals surface area contributed by atoms with Crippen LogP contribution in [0.25, 0.3) is 0 Å². The molecule has 1 saturated carbocycles. The second-order valence-corrected chi connectivity index (χ2v) is 11.7. The van der Waals surface area contributed by atoms with Crippen LogP contribution in [0.4, 0.5) is 0 Å². The summed E-state index contributed by atoms with van der Waals surface area (Å²) in [5.74, 6) is 0.772. The molecule has 8 nitrogen and oxygen atoms in total. The standard InChI is InChI=1S/C21H24ClNO3.C15H14ClNO3/c1-2-25-21(24)19-9-5-8-18(23-19)13-16-12-17(22)10-11-20(16)26-14-15-6-3-4-7-15;1-2-20-15(19)13-5-3-4-12(17-13)9-10-8-11(16)6-7-14(10)18/h5,8-12,15H,2-4,6-7,13-14H2,1H3;3-8,18H,2,9H2,1H3. The van der Waals surface area contributed by atoms with E-state index in [1.165, 1.54) is 31.7 Å². The molecule has 0 bridgehead atoms. The number of benzene rings is 2. The Hall–Kier alpha value is -4.14. The van der Waals surface area contributed by atoms with Gasteiger partial charge >= 0.3 is 11.9 Å². The SMILES string of the molecule is CCOC(=O)c1cccc(Cc2cc(Cl)ccc2O)n1.CCOC(=O)c1cccc(Cc2cc(Cl)ccc2OCC2CCCC2)n1. The molecule has 0 amide bonds. The lowest BCUT2D eigenvalue weighted by atomic mass is 10.1. The van der Waals surface area contributed by atoms with Gasteiger partial charge in [-0.15, -0.1) is 0 Å². The van der Waals surface area contributed by atoms with Crippen LogP contribution in [0.15, 0.2) is 72.8 Å². The fraction of sp³-hybridized carbons (Fsp3) is 0.333. The van der Waals surface area contributed by atoms with E-state index in [1.807, 2.05) is 30.3 Å². The van der Waals surface area contributed by atoms with Gasteiger partial charge in [0.25, 0.3) is 0 Å². The molecule has 0 unspecified atom stereocenters. The van der Waals surface area contributed by atoms with Crippen molar-refractivity contribution >= 4 is 35.1 Å². The van der Waals surface area contributed by atoms with E-state index in [0.29, 0.717) is 59.0 Å². The predicted octanol–water partition coefficient (Wildman–Crippen LogP) is 8.28. The number of halogens is 2. The van der Waals surface area contributed by atoms with Crippen molar-refractivity contribution in [3.05, 3.63) is 117 Å². The molecule has 1 aliphatic carbocycles. The summed E-state index contributed by atoms with van der Waals surface area (Å²) in [6.45, 7) is 4.90. The number of aromatic hydroxyl groups is 1. The van der Waals surface area contributed by atoms with Gasteiger partial charge in [0.05, 0.1) is 19.8 Å². The number of phenols is 1. The van der Waals surface area contributed by atoms with E-state index in [0.717, 1.165) is 23.6 Å². The summed E-state index contributed by atoms with van der Waals surface area (Å²) in [5.41, 5.74) is 3.65. The van der Waals surface area contributed by atoms with Crippen LogP contribution >= 0.6 is 23.2 Å². The largest absolute Gasteiger partial charge is 0.508 e. The fourth-order valence-electron chi connectivity index (χ4n) is 5.09. The molecule has 4 aromatic rings. The number of pyridine rings is 2. The molecule has 0 aliphatic heterocycles. The molecule has 0 spiro atoms. The minimum absolute atomic E-state index is 0.151. The highest BCUT2D eigenvalue weighted by molar-refractivity contribution is 6.31. The maximum absolute atomic E-state index is 11.9. The number of phenolic OH excluding ortho intramolecular Hbond substituents is 1. The molecule has 242 valence electrons. The second-order valence-electron chi connectivity index (χ2n) is 10.8. The highest BCUT2D eigenvalue weighted by atomic mass is 35.5. The monoisotopic (exact) mass is 664 g/mol. The van der Waals surface area contributed by atoms with Gasteiger partial charge in [0, 0.05) is 45.4 Å². The first-order valence-electron chi connectivity index (χ1n) is 15.4. The Balaban J connectivity index is 0.000000216. The molecule has 1 fully saturated rings. The Morgan fingerprint density at radius 2 is 1.28 bits per heavy atom. The summed E-state index contributed by atoms with van der Waals surface area (Å²) in [7, 11) is 0. The van der Waals surface area contributed by atoms with Crippen LogP contribution in [0.5, 0.6) is 11.5 Å². The van der Waals surface area contributed by atoms with Crippen molar-refractivity contribution in [3.8, 4) is 11.5 Å². The summed E-state index contributed by atoms with van der Waals surface area (Å²) in [6.07, 6.45) is 6.02. The minimum atomic E-state index is -0.454. The molecule has 2 aromatic heterocycles. The van der Waals surface area contributed by atoms with Gasteiger partial charge in [-0.25, -0.2) is 19.6 Å². The number of carbonyl (C=O) groups excluding carboxylic acids is 2. The number of ether oxygens (including phenoxy) is 3. The highest BCUT2D eigenvalue weighted by Gasteiger charge is 2.17. The molecule has 0 saturated heterocycles. The Bertz CT molecular complexity index is 1620. The fourth-order valence-corrected chi connectivity index (χ4v) is 5.48. The Morgan fingerprint density at radius 3 is 1.85 bits per heavy atom. The summed E-state index contributed by atoms with van der Waals surface area (Å²) < 4.78 is 16.0. The lowest BCUT2D eigenvalue weighted by Gasteiger charge is -2.15. The first kappa shape index (κ1) is 34.7. The zero-order chi connectivity index (χ0) is 32.9. The van der Waals surface area contributed by atoms with Crippen LogP contribution < -0.4 is 4.74 Å². The van der Waals surface area contributed by atoms with Crippen molar-refractivity contribution in [1.29, 1.82) is 0 Å². The number of hydrogen-bond acceptors (Lipinski definition) is 8. The zero-order valence-electron chi connectivity index (χ0n) is 26.0. The molecule has 2 aromatic carbocycles. The Labute approximate surface area is 279 Å². The first-order valence-corrected chi connectivity index (χ1v) is 16.2. The number of nitrogens with zero attached hydrogens (tertiary/aromatic N) is 2. The zero-order valence-corrected chi connectivity index (χ0v) is 27.5. The molecule has 0 atom stereocenters. The molecule has 5 rings (SSSR count). The van der Waals surface area contributed by atoms with E-state index in [9.17, 15) is 14.7 Å². The number of carbonyl (C=O) groups is 2. The molecule has 0 radical (unpaired) electrons. The van der Waals surface area contributed by atoms with Crippen molar-refractivity contribution in [2.45, 2.75) is 52.4 Å². The van der Waals surface area contributed by atoms with Crippen LogP contribution in [0.1, 0.15) is 83.0 Å². The Kier molecular flexibility index (Phi) is 13.2. The number of esters is 2. The summed E-state index contributed by atoms with van der Waals surface area (Å²) in [5, 5.41) is 11.0. The Morgan fingerprint density at radius 1 is 0.761 bits per heavy atom. The van der Waals surface area contributed by atoms with Crippen molar-refractivity contribution in [1.82, 2.24) is 9.97 Å². The van der Waals surface area contributed by atoms with Crippen molar-refractivity contribution in [3.63, 3.8) is 0 Å². The smallest absolute Gasteiger partial charge is 0.356 e. The molecular weight excluding hydrogens is 627 g/mol. The van der Waals surface area contributed by atoms with Crippen molar-refractivity contribution in [2.24, 2.45) is 5.92 Å². The topological polar surface area (TPSA) is 108 Å². The molecular formula is C36H38Cl2N2O6. The van der Waals surface area contributed by atoms with Gasteiger partial charge in [-0.1, -0.05) is 48.2 Å². The number of aromatic nitrogens is 2. The summed E-state index contributed by atoms with van der Waals surface area (Å²) in [6, 6.07) is 21.0. The van der Waals surface area contributed by atoms with Gasteiger partial charge < -0.3 is 19.3 Å². The van der Waals surface area contributed by atoms with E-state index in [1.54, 1.807) is 50.2 Å². The van der Waals surface area contributed by atoms with Crippen molar-refractivity contribution in [2.75, 3.05) is 19.8 Å². The van der Waals surface area contributed by atoms with Crippen LogP contribution in [0.2, 0.25) is 10.0 Å². The van der Waals surface area contributed by atoms with Gasteiger partial charge in [-0.2, -0.15) is 0 Å². The van der Waals surface area contributed by atoms with Crippen LogP contribution in [-0.4, -0.2) is 46.8 Å². The van der Waals surface area contributed by atoms with E-state index in [-0.39, 0.29) is 11.4 Å². The molecule has 2 heterocycles. The van der Waals surface area contributed by atoms with Crippen molar-refractivity contribution < 1.29 is 28.9 Å². The predicted molar refractivity (Wildman–Crippen MR) is 178 cm³/mol. The van der Waals surface area contributed by atoms with Crippen LogP contribution in [-0.2, 0) is 22.3 Å². The average Bonchev–Trinajstić information content (AvgIpc) is 3.57. The highest BCUT2D eigenvalue weighted by Crippen LogP contribution is 2.29. The maximum atomic E-state index is 11.9. The van der Waals surface area contributed by atoms with Gasteiger partial charge in [0.15, 0.2) is 0 Å². The third kappa shape index (κ3) is 10.5. The van der Waals surface area contributed by atoms with E-state index >= 15 is 0 Å². The quantitative estimate of drug-likeness (QED) is 0.160. The molecule has 1 N–H and O–H groups in total. The van der Waals surface area contributed by atoms with Crippen LogP contribution in [0, 0.1) is 5.92 Å². The third-order valence-electron chi connectivity index (χ3n) is 7.34. The van der Waals surface area contributed by atoms with Gasteiger partial charge in [-0.3, -0.25) is 0 Å². The lowest BCUT2D eigenvalue weighted by Crippen LogP contribution is -2.10. The van der Waals surface area contributed by atoms with Gasteiger partial charge in [0.1, 0.15) is 22.9 Å². The third-order valence-corrected chi connectivity index (χ3v) is 7.81. The van der Waals surface area contributed by atoms with E-state index in [2.05, 4.69) is 9.97 Å². The van der Waals surface area contributed by atoms with Gasteiger partial charge in [-0.05, 0) is 93.3 Å². The average molecular weight is 666 g/mol. The first-order chi connectivity index (χ1) is 22.2. The maximum Gasteiger partial charge on any atom is 0.356 e. The minimum Gasteiger partial charge on any atom is -0.508 e. The van der Waals surface area contributed by atoms with Crippen LogP contribution in [0.3, 0.4) is 0 Å². The summed E-state index contributed by atoms with van der Waals surface area (Å²) >= 11 is 12.1. The number of rotatable bonds is 11. The summed E-state index contributed by atoms with van der Waals surface area (Å²) in [4.78, 5) is 32.2. The van der Waals surface area contributed by atoms with E-state index in [4.69, 9.17) is 37.4 Å². The lowest BCUT2D eigenvalue weighted by molar-refractivity contribution is 0.0510. The molecule has 10 heteroatoms. The number of hydrogen-bond donors (Lipinski definition) is 1. The van der Waals surface area contributed by atoms with E-state index < -0.39 is 11.9 Å². The second kappa shape index (κ2) is 17.5.